The van der Waals surface area contributed by atoms with Crippen LogP contribution in [0.1, 0.15) is 42.9 Å². The fourth-order valence-corrected chi connectivity index (χ4v) is 4.32. The number of amides is 1. The summed E-state index contributed by atoms with van der Waals surface area (Å²) in [5.41, 5.74) is 2.11. The second kappa shape index (κ2) is 7.24. The highest BCUT2D eigenvalue weighted by atomic mass is 16.2. The van der Waals surface area contributed by atoms with E-state index in [1.165, 1.54) is 24.0 Å². The number of likely N-dealkylation sites (tertiary alicyclic amines) is 1. The Morgan fingerprint density at radius 1 is 1.00 bits per heavy atom. The van der Waals surface area contributed by atoms with Crippen LogP contribution in [0.5, 0.6) is 0 Å². The van der Waals surface area contributed by atoms with E-state index >= 15 is 0 Å². The van der Waals surface area contributed by atoms with E-state index in [1.54, 1.807) is 0 Å². The van der Waals surface area contributed by atoms with E-state index in [4.69, 9.17) is 0 Å². The van der Waals surface area contributed by atoms with Gasteiger partial charge in [0.25, 0.3) is 0 Å². The van der Waals surface area contributed by atoms with Crippen molar-refractivity contribution in [2.75, 3.05) is 26.7 Å². The first-order chi connectivity index (χ1) is 12.7. The van der Waals surface area contributed by atoms with Crippen LogP contribution < -0.4 is 0 Å². The predicted molar refractivity (Wildman–Crippen MR) is 105 cm³/mol. The smallest absolute Gasteiger partial charge is 0.233 e. The maximum atomic E-state index is 13.5. The Balaban J connectivity index is 1.59. The summed E-state index contributed by atoms with van der Waals surface area (Å²) in [6.07, 6.45) is 4.47. The van der Waals surface area contributed by atoms with Gasteiger partial charge in [-0.15, -0.1) is 0 Å². The number of rotatable bonds is 6. The number of hydrogen-bond acceptors (Lipinski definition) is 2. The Morgan fingerprint density at radius 2 is 1.58 bits per heavy atom. The SMILES string of the molecule is CN(C(=O)C1(c2ccccc2)CC1)[C@H](CN1CCCC1)c1ccccc1. The van der Waals surface area contributed by atoms with Crippen molar-refractivity contribution in [1.29, 1.82) is 0 Å². The molecule has 1 aliphatic heterocycles. The molecule has 3 heteroatoms. The first-order valence-electron chi connectivity index (χ1n) is 9.81. The van der Waals surface area contributed by atoms with Crippen LogP contribution in [-0.2, 0) is 10.2 Å². The molecule has 2 aromatic carbocycles. The van der Waals surface area contributed by atoms with Crippen molar-refractivity contribution in [2.24, 2.45) is 0 Å². The topological polar surface area (TPSA) is 23.6 Å². The second-order valence-electron chi connectivity index (χ2n) is 7.80. The predicted octanol–water partition coefficient (Wildman–Crippen LogP) is 4.01. The van der Waals surface area contributed by atoms with Crippen molar-refractivity contribution in [3.05, 3.63) is 71.8 Å². The van der Waals surface area contributed by atoms with Gasteiger partial charge in [-0.25, -0.2) is 0 Å². The van der Waals surface area contributed by atoms with E-state index in [0.29, 0.717) is 0 Å². The first-order valence-corrected chi connectivity index (χ1v) is 9.81. The Bertz CT molecular complexity index is 733. The molecule has 1 aliphatic carbocycles. The standard InChI is InChI=1S/C23H28N2O/c1-24(22(26)23(14-15-23)20-12-6-3-7-13-20)21(18-25-16-8-9-17-25)19-10-4-2-5-11-19/h2-7,10-13,21H,8-9,14-18H2,1H3/t21-/m1/s1. The molecule has 2 aliphatic rings. The zero-order valence-electron chi connectivity index (χ0n) is 15.6. The van der Waals surface area contributed by atoms with Gasteiger partial charge in [0.2, 0.25) is 5.91 Å². The first kappa shape index (κ1) is 17.3. The summed E-state index contributed by atoms with van der Waals surface area (Å²) in [6, 6.07) is 21.0. The molecule has 1 saturated carbocycles. The molecule has 4 rings (SSSR count). The van der Waals surface area contributed by atoms with Gasteiger partial charge in [0.05, 0.1) is 11.5 Å². The zero-order chi connectivity index (χ0) is 18.0. The largest absolute Gasteiger partial charge is 0.337 e. The zero-order valence-corrected chi connectivity index (χ0v) is 15.6. The molecule has 1 amide bonds. The molecule has 26 heavy (non-hydrogen) atoms. The van der Waals surface area contributed by atoms with E-state index < -0.39 is 0 Å². The Hall–Kier alpha value is -2.13. The molecule has 0 aromatic heterocycles. The molecule has 2 fully saturated rings. The molecule has 0 radical (unpaired) electrons. The molecule has 1 heterocycles. The van der Waals surface area contributed by atoms with Gasteiger partial charge in [-0.3, -0.25) is 4.79 Å². The molecule has 1 saturated heterocycles. The summed E-state index contributed by atoms with van der Waals surface area (Å²) >= 11 is 0. The van der Waals surface area contributed by atoms with Gasteiger partial charge in [0.1, 0.15) is 0 Å². The lowest BCUT2D eigenvalue weighted by atomic mass is 9.93. The fraction of sp³-hybridized carbons (Fsp3) is 0.435. The number of nitrogens with zero attached hydrogens (tertiary/aromatic N) is 2. The molecule has 3 nitrogen and oxygen atoms in total. The minimum Gasteiger partial charge on any atom is -0.337 e. The monoisotopic (exact) mass is 348 g/mol. The summed E-state index contributed by atoms with van der Waals surface area (Å²) < 4.78 is 0. The lowest BCUT2D eigenvalue weighted by Gasteiger charge is -2.34. The average molecular weight is 348 g/mol. The van der Waals surface area contributed by atoms with Crippen LogP contribution in [0, 0.1) is 0 Å². The number of benzene rings is 2. The third-order valence-electron chi connectivity index (χ3n) is 6.09. The average Bonchev–Trinajstić information content (AvgIpc) is 3.35. The van der Waals surface area contributed by atoms with Gasteiger partial charge in [-0.05, 0) is 49.9 Å². The molecule has 0 spiro atoms. The van der Waals surface area contributed by atoms with Gasteiger partial charge < -0.3 is 9.80 Å². The fourth-order valence-electron chi connectivity index (χ4n) is 4.32. The van der Waals surface area contributed by atoms with Crippen molar-refractivity contribution >= 4 is 5.91 Å². The van der Waals surface area contributed by atoms with Crippen LogP contribution in [0.3, 0.4) is 0 Å². The van der Waals surface area contributed by atoms with Gasteiger partial charge in [-0.1, -0.05) is 60.7 Å². The molecule has 136 valence electrons. The van der Waals surface area contributed by atoms with Crippen molar-refractivity contribution in [1.82, 2.24) is 9.80 Å². The summed E-state index contributed by atoms with van der Waals surface area (Å²) in [7, 11) is 2.00. The van der Waals surface area contributed by atoms with E-state index in [2.05, 4.69) is 41.3 Å². The summed E-state index contributed by atoms with van der Waals surface area (Å²) in [4.78, 5) is 18.0. The van der Waals surface area contributed by atoms with E-state index in [9.17, 15) is 4.79 Å². The highest BCUT2D eigenvalue weighted by Gasteiger charge is 2.53. The van der Waals surface area contributed by atoms with Crippen LogP contribution in [0.2, 0.25) is 0 Å². The van der Waals surface area contributed by atoms with Crippen LogP contribution in [0.15, 0.2) is 60.7 Å². The van der Waals surface area contributed by atoms with E-state index in [-0.39, 0.29) is 17.4 Å². The molecule has 2 aromatic rings. The summed E-state index contributed by atoms with van der Waals surface area (Å²) in [6.45, 7) is 3.22. The van der Waals surface area contributed by atoms with Crippen molar-refractivity contribution in [2.45, 2.75) is 37.1 Å². The maximum Gasteiger partial charge on any atom is 0.233 e. The van der Waals surface area contributed by atoms with Crippen LogP contribution in [-0.4, -0.2) is 42.4 Å². The molecule has 0 bridgehead atoms. The van der Waals surface area contributed by atoms with Gasteiger partial charge in [0, 0.05) is 13.6 Å². The Morgan fingerprint density at radius 3 is 2.15 bits per heavy atom. The highest BCUT2D eigenvalue weighted by molar-refractivity contribution is 5.91. The molecular formula is C23H28N2O. The quantitative estimate of drug-likeness (QED) is 0.787. The number of carbonyl (C=O) groups is 1. The van der Waals surface area contributed by atoms with Crippen LogP contribution >= 0.6 is 0 Å². The number of likely N-dealkylation sites (N-methyl/N-ethyl adjacent to an activating group) is 1. The lowest BCUT2D eigenvalue weighted by Crippen LogP contribution is -2.43. The van der Waals surface area contributed by atoms with Crippen LogP contribution in [0.4, 0.5) is 0 Å². The maximum absolute atomic E-state index is 13.5. The van der Waals surface area contributed by atoms with Gasteiger partial charge >= 0.3 is 0 Å². The third-order valence-corrected chi connectivity index (χ3v) is 6.09. The molecular weight excluding hydrogens is 320 g/mol. The minimum atomic E-state index is -0.298. The highest BCUT2D eigenvalue weighted by Crippen LogP contribution is 2.50. The molecule has 0 unspecified atom stereocenters. The third kappa shape index (κ3) is 3.28. The second-order valence-corrected chi connectivity index (χ2v) is 7.80. The van der Waals surface area contributed by atoms with Crippen molar-refractivity contribution in [3.8, 4) is 0 Å². The summed E-state index contributed by atoms with van der Waals surface area (Å²) in [5.74, 6) is 0.275. The Kier molecular flexibility index (Phi) is 4.82. The lowest BCUT2D eigenvalue weighted by molar-refractivity contribution is -0.135. The number of hydrogen-bond donors (Lipinski definition) is 0. The minimum absolute atomic E-state index is 0.114. The molecule has 1 atom stereocenters. The van der Waals surface area contributed by atoms with Gasteiger partial charge in [-0.2, -0.15) is 0 Å². The summed E-state index contributed by atoms with van der Waals surface area (Å²) in [5, 5.41) is 0. The molecule has 0 N–H and O–H groups in total. The van der Waals surface area contributed by atoms with Crippen molar-refractivity contribution < 1.29 is 4.79 Å². The van der Waals surface area contributed by atoms with Crippen molar-refractivity contribution in [3.63, 3.8) is 0 Å². The Labute approximate surface area is 156 Å². The van der Waals surface area contributed by atoms with Gasteiger partial charge in [0.15, 0.2) is 0 Å². The van der Waals surface area contributed by atoms with E-state index in [0.717, 1.165) is 32.5 Å². The number of carbonyl (C=O) groups excluding carboxylic acids is 1. The van der Waals surface area contributed by atoms with Crippen LogP contribution in [0.25, 0.3) is 0 Å². The van der Waals surface area contributed by atoms with E-state index in [1.807, 2.05) is 36.2 Å². The normalized spacial score (nSPS) is 19.9.